The summed E-state index contributed by atoms with van der Waals surface area (Å²) in [6, 6.07) is 9.91. The molecule has 3 aromatic rings. The van der Waals surface area contributed by atoms with Gasteiger partial charge in [-0.3, -0.25) is 4.98 Å². The average molecular weight is 279 g/mol. The summed E-state index contributed by atoms with van der Waals surface area (Å²) in [7, 11) is 0. The summed E-state index contributed by atoms with van der Waals surface area (Å²) in [5, 5.41) is 1.04. The van der Waals surface area contributed by atoms with Crippen molar-refractivity contribution in [2.24, 2.45) is 5.84 Å². The molecule has 0 amide bonds. The maximum Gasteiger partial charge on any atom is 0.162 e. The van der Waals surface area contributed by atoms with Crippen LogP contribution in [0.2, 0.25) is 0 Å². The van der Waals surface area contributed by atoms with E-state index in [4.69, 9.17) is 5.84 Å². The normalized spacial score (nSPS) is 10.8. The van der Waals surface area contributed by atoms with E-state index in [2.05, 4.69) is 27.3 Å². The van der Waals surface area contributed by atoms with Crippen LogP contribution in [-0.2, 0) is 6.42 Å². The van der Waals surface area contributed by atoms with Crippen LogP contribution < -0.4 is 11.3 Å². The number of benzene rings is 1. The molecule has 0 atom stereocenters. The molecule has 21 heavy (non-hydrogen) atoms. The number of nitrogens with zero attached hydrogens (tertiary/aromatic N) is 3. The molecule has 0 bridgehead atoms. The summed E-state index contributed by atoms with van der Waals surface area (Å²) in [5.74, 6) is 6.92. The van der Waals surface area contributed by atoms with E-state index < -0.39 is 0 Å². The molecular formula is C16H17N5. The highest BCUT2D eigenvalue weighted by molar-refractivity contribution is 5.92. The summed E-state index contributed by atoms with van der Waals surface area (Å²) in [4.78, 5) is 13.6. The Morgan fingerprint density at radius 1 is 1.14 bits per heavy atom. The first-order chi connectivity index (χ1) is 10.2. The van der Waals surface area contributed by atoms with Crippen LogP contribution in [0.25, 0.3) is 22.3 Å². The van der Waals surface area contributed by atoms with E-state index >= 15 is 0 Å². The third-order valence-electron chi connectivity index (χ3n) is 3.61. The number of hydrogen-bond acceptors (Lipinski definition) is 5. The van der Waals surface area contributed by atoms with Crippen molar-refractivity contribution < 1.29 is 0 Å². The molecule has 0 radical (unpaired) electrons. The number of fused-ring (bicyclic) bond motifs is 1. The van der Waals surface area contributed by atoms with E-state index in [1.165, 1.54) is 0 Å². The maximum absolute atomic E-state index is 5.58. The van der Waals surface area contributed by atoms with Gasteiger partial charge in [-0.05, 0) is 25.5 Å². The number of aryl methyl sites for hydroxylation is 1. The van der Waals surface area contributed by atoms with Gasteiger partial charge < -0.3 is 5.43 Å². The molecule has 1 aromatic carbocycles. The standard InChI is InChI=1S/C16H17N5/c1-3-13-10(2)15(21-17)20-16(19-13)12-8-9-18-14-7-5-4-6-11(12)14/h4-9H,3,17H2,1-2H3,(H,19,20,21). The van der Waals surface area contributed by atoms with Gasteiger partial charge in [0.25, 0.3) is 0 Å². The monoisotopic (exact) mass is 279 g/mol. The van der Waals surface area contributed by atoms with E-state index in [1.807, 2.05) is 37.3 Å². The number of nitrogens with two attached hydrogens (primary N) is 1. The fraction of sp³-hybridized carbons (Fsp3) is 0.188. The van der Waals surface area contributed by atoms with Crippen molar-refractivity contribution in [1.29, 1.82) is 0 Å². The average Bonchev–Trinajstić information content (AvgIpc) is 2.54. The van der Waals surface area contributed by atoms with Crippen LogP contribution in [0.1, 0.15) is 18.2 Å². The number of nitrogen functional groups attached to an aromatic ring is 1. The summed E-state index contributed by atoms with van der Waals surface area (Å²) in [5.41, 5.74) is 6.54. The highest BCUT2D eigenvalue weighted by atomic mass is 15.3. The van der Waals surface area contributed by atoms with Gasteiger partial charge in [0.15, 0.2) is 5.82 Å². The van der Waals surface area contributed by atoms with E-state index in [0.29, 0.717) is 11.6 Å². The van der Waals surface area contributed by atoms with Gasteiger partial charge in [0, 0.05) is 28.4 Å². The molecule has 0 unspecified atom stereocenters. The number of hydrogen-bond donors (Lipinski definition) is 2. The second-order valence-electron chi connectivity index (χ2n) is 4.84. The lowest BCUT2D eigenvalue weighted by atomic mass is 10.1. The zero-order valence-electron chi connectivity index (χ0n) is 12.1. The minimum Gasteiger partial charge on any atom is -0.308 e. The molecule has 0 aliphatic carbocycles. The van der Waals surface area contributed by atoms with Crippen molar-refractivity contribution in [3.8, 4) is 11.4 Å². The summed E-state index contributed by atoms with van der Waals surface area (Å²) >= 11 is 0. The summed E-state index contributed by atoms with van der Waals surface area (Å²) in [6.45, 7) is 4.05. The molecule has 2 heterocycles. The predicted octanol–water partition coefficient (Wildman–Crippen LogP) is 2.85. The van der Waals surface area contributed by atoms with Gasteiger partial charge in [-0.15, -0.1) is 0 Å². The van der Waals surface area contributed by atoms with Crippen LogP contribution >= 0.6 is 0 Å². The molecule has 106 valence electrons. The van der Waals surface area contributed by atoms with Gasteiger partial charge in [-0.2, -0.15) is 0 Å². The topological polar surface area (TPSA) is 76.7 Å². The molecule has 5 nitrogen and oxygen atoms in total. The van der Waals surface area contributed by atoms with Gasteiger partial charge in [0.05, 0.1) is 5.52 Å². The second kappa shape index (κ2) is 5.46. The first kappa shape index (κ1) is 13.5. The highest BCUT2D eigenvalue weighted by Crippen LogP contribution is 2.27. The van der Waals surface area contributed by atoms with Gasteiger partial charge in [-0.1, -0.05) is 25.1 Å². The predicted molar refractivity (Wildman–Crippen MR) is 84.7 cm³/mol. The number of hydrazine groups is 1. The molecule has 0 spiro atoms. The zero-order chi connectivity index (χ0) is 14.8. The van der Waals surface area contributed by atoms with E-state index in [1.54, 1.807) is 6.20 Å². The van der Waals surface area contributed by atoms with Crippen LogP contribution in [0, 0.1) is 6.92 Å². The fourth-order valence-corrected chi connectivity index (χ4v) is 2.46. The van der Waals surface area contributed by atoms with Crippen molar-refractivity contribution in [3.63, 3.8) is 0 Å². The molecule has 0 saturated carbocycles. The van der Waals surface area contributed by atoms with Crippen LogP contribution in [0.5, 0.6) is 0 Å². The Morgan fingerprint density at radius 3 is 2.71 bits per heavy atom. The lowest BCUT2D eigenvalue weighted by Crippen LogP contribution is -2.13. The first-order valence-corrected chi connectivity index (χ1v) is 6.92. The minimum absolute atomic E-state index is 0.665. The lowest BCUT2D eigenvalue weighted by Gasteiger charge is -2.12. The third-order valence-corrected chi connectivity index (χ3v) is 3.61. The number of nitrogens with one attached hydrogen (secondary N) is 1. The maximum atomic E-state index is 5.58. The Bertz CT molecular complexity index is 767. The molecule has 3 rings (SSSR count). The molecule has 5 heteroatoms. The number of rotatable bonds is 3. The smallest absolute Gasteiger partial charge is 0.162 e. The van der Waals surface area contributed by atoms with Crippen LogP contribution in [-0.4, -0.2) is 15.0 Å². The zero-order valence-corrected chi connectivity index (χ0v) is 12.1. The number of pyridine rings is 1. The molecular weight excluding hydrogens is 262 g/mol. The highest BCUT2D eigenvalue weighted by Gasteiger charge is 2.12. The van der Waals surface area contributed by atoms with Crippen LogP contribution in [0.4, 0.5) is 5.82 Å². The molecule has 0 aliphatic heterocycles. The van der Waals surface area contributed by atoms with Gasteiger partial charge in [0.2, 0.25) is 0 Å². The molecule has 0 saturated heterocycles. The Hall–Kier alpha value is -2.53. The molecule has 3 N–H and O–H groups in total. The Balaban J connectivity index is 2.28. The van der Waals surface area contributed by atoms with Crippen molar-refractivity contribution in [2.45, 2.75) is 20.3 Å². The minimum atomic E-state index is 0.665. The van der Waals surface area contributed by atoms with Crippen molar-refractivity contribution in [1.82, 2.24) is 15.0 Å². The summed E-state index contributed by atoms with van der Waals surface area (Å²) in [6.07, 6.45) is 2.61. The van der Waals surface area contributed by atoms with Crippen molar-refractivity contribution >= 4 is 16.7 Å². The Kier molecular flexibility index (Phi) is 3.50. The quantitative estimate of drug-likeness (QED) is 0.569. The SMILES string of the molecule is CCc1nc(-c2ccnc3ccccc23)nc(NN)c1C. The molecule has 0 fully saturated rings. The lowest BCUT2D eigenvalue weighted by molar-refractivity contribution is 0.974. The second-order valence-corrected chi connectivity index (χ2v) is 4.84. The number of aromatic nitrogens is 3. The van der Waals surface area contributed by atoms with Gasteiger partial charge >= 0.3 is 0 Å². The molecule has 0 aliphatic rings. The number of para-hydroxylation sites is 1. The Morgan fingerprint density at radius 2 is 1.95 bits per heavy atom. The van der Waals surface area contributed by atoms with Gasteiger partial charge in [0.1, 0.15) is 5.82 Å². The summed E-state index contributed by atoms with van der Waals surface area (Å²) < 4.78 is 0. The van der Waals surface area contributed by atoms with E-state index in [0.717, 1.165) is 34.1 Å². The Labute approximate surface area is 123 Å². The van der Waals surface area contributed by atoms with E-state index in [9.17, 15) is 0 Å². The van der Waals surface area contributed by atoms with Crippen molar-refractivity contribution in [3.05, 3.63) is 47.8 Å². The van der Waals surface area contributed by atoms with Gasteiger partial charge in [-0.25, -0.2) is 15.8 Å². The van der Waals surface area contributed by atoms with Crippen molar-refractivity contribution in [2.75, 3.05) is 5.43 Å². The van der Waals surface area contributed by atoms with E-state index in [-0.39, 0.29) is 0 Å². The fourth-order valence-electron chi connectivity index (χ4n) is 2.46. The van der Waals surface area contributed by atoms with Crippen LogP contribution in [0.3, 0.4) is 0 Å². The third kappa shape index (κ3) is 2.32. The largest absolute Gasteiger partial charge is 0.308 e. The van der Waals surface area contributed by atoms with Crippen LogP contribution in [0.15, 0.2) is 36.5 Å². The first-order valence-electron chi connectivity index (χ1n) is 6.92. The molecule has 2 aromatic heterocycles. The number of anilines is 1.